The minimum Gasteiger partial charge on any atom is -0.465 e. The maximum Gasteiger partial charge on any atom is 0.194 e. The van der Waals surface area contributed by atoms with Gasteiger partial charge in [-0.2, -0.15) is 0 Å². The first-order valence-corrected chi connectivity index (χ1v) is 7.64. The summed E-state index contributed by atoms with van der Waals surface area (Å²) >= 11 is 0. The molecule has 0 aliphatic carbocycles. The monoisotopic (exact) mass is 278 g/mol. The minimum absolute atomic E-state index is 0.0211. The van der Waals surface area contributed by atoms with Gasteiger partial charge in [0.05, 0.1) is 0 Å². The van der Waals surface area contributed by atoms with Crippen LogP contribution >= 0.6 is 0 Å². The van der Waals surface area contributed by atoms with Crippen molar-refractivity contribution in [2.45, 2.75) is 78.4 Å². The van der Waals surface area contributed by atoms with Crippen LogP contribution < -0.4 is 4.74 Å². The summed E-state index contributed by atoms with van der Waals surface area (Å²) < 4.78 is 5.67. The Bertz CT molecular complexity index is 445. The third-order valence-electron chi connectivity index (χ3n) is 4.50. The SMILES string of the molecule is CCC(C)(C)c1cccc(OC(C)O)c1C(C)(C)CC. The Labute approximate surface area is 124 Å². The van der Waals surface area contributed by atoms with Gasteiger partial charge in [-0.1, -0.05) is 53.7 Å². The van der Waals surface area contributed by atoms with Gasteiger partial charge < -0.3 is 9.84 Å². The van der Waals surface area contributed by atoms with E-state index < -0.39 is 6.29 Å². The lowest BCUT2D eigenvalue weighted by Crippen LogP contribution is -2.27. The first-order valence-electron chi connectivity index (χ1n) is 7.64. The molecular formula is C18H30O2. The van der Waals surface area contributed by atoms with Gasteiger partial charge in [-0.25, -0.2) is 0 Å². The normalized spacial score (nSPS) is 14.2. The van der Waals surface area contributed by atoms with Gasteiger partial charge >= 0.3 is 0 Å². The van der Waals surface area contributed by atoms with Crippen LogP contribution in [-0.4, -0.2) is 11.4 Å². The van der Waals surface area contributed by atoms with Crippen LogP contribution in [0.3, 0.4) is 0 Å². The van der Waals surface area contributed by atoms with Gasteiger partial charge in [0.25, 0.3) is 0 Å². The second kappa shape index (κ2) is 6.17. The summed E-state index contributed by atoms with van der Waals surface area (Å²) in [5.74, 6) is 0.811. The molecule has 0 aromatic heterocycles. The van der Waals surface area contributed by atoms with Gasteiger partial charge in [0.2, 0.25) is 0 Å². The van der Waals surface area contributed by atoms with Crippen LogP contribution in [0.1, 0.15) is 72.4 Å². The molecule has 0 spiro atoms. The van der Waals surface area contributed by atoms with Crippen molar-refractivity contribution in [1.29, 1.82) is 0 Å². The second-order valence-corrected chi connectivity index (χ2v) is 6.87. The molecule has 1 aromatic rings. The van der Waals surface area contributed by atoms with Gasteiger partial charge in [-0.3, -0.25) is 0 Å². The van der Waals surface area contributed by atoms with E-state index in [-0.39, 0.29) is 10.8 Å². The van der Waals surface area contributed by atoms with Crippen molar-refractivity contribution >= 4 is 0 Å². The molecule has 1 rings (SSSR count). The van der Waals surface area contributed by atoms with E-state index in [1.54, 1.807) is 6.92 Å². The zero-order valence-corrected chi connectivity index (χ0v) is 14.1. The molecule has 0 aliphatic rings. The molecule has 0 bridgehead atoms. The van der Waals surface area contributed by atoms with Crippen LogP contribution in [0.25, 0.3) is 0 Å². The third kappa shape index (κ3) is 3.54. The van der Waals surface area contributed by atoms with Crippen molar-refractivity contribution < 1.29 is 9.84 Å². The zero-order valence-electron chi connectivity index (χ0n) is 14.1. The van der Waals surface area contributed by atoms with Crippen molar-refractivity contribution in [3.63, 3.8) is 0 Å². The highest BCUT2D eigenvalue weighted by atomic mass is 16.6. The first-order chi connectivity index (χ1) is 9.15. The van der Waals surface area contributed by atoms with Crippen LogP contribution in [-0.2, 0) is 10.8 Å². The van der Waals surface area contributed by atoms with E-state index in [4.69, 9.17) is 4.74 Å². The van der Waals surface area contributed by atoms with E-state index in [0.29, 0.717) is 0 Å². The zero-order chi connectivity index (χ0) is 15.6. The maximum absolute atomic E-state index is 9.60. The Hall–Kier alpha value is -1.02. The van der Waals surface area contributed by atoms with Crippen molar-refractivity contribution in [3.8, 4) is 5.75 Å². The Morgan fingerprint density at radius 1 is 1.05 bits per heavy atom. The number of ether oxygens (including phenoxy) is 1. The van der Waals surface area contributed by atoms with E-state index in [9.17, 15) is 5.11 Å². The summed E-state index contributed by atoms with van der Waals surface area (Å²) in [5, 5.41) is 9.60. The molecule has 1 aromatic carbocycles. The third-order valence-corrected chi connectivity index (χ3v) is 4.50. The predicted octanol–water partition coefficient (Wildman–Crippen LogP) is 4.78. The van der Waals surface area contributed by atoms with E-state index in [0.717, 1.165) is 18.6 Å². The first kappa shape index (κ1) is 17.0. The molecule has 0 aliphatic heterocycles. The van der Waals surface area contributed by atoms with Crippen LogP contribution in [0.5, 0.6) is 5.75 Å². The average molecular weight is 278 g/mol. The fourth-order valence-electron chi connectivity index (χ4n) is 2.44. The molecule has 0 amide bonds. The lowest BCUT2D eigenvalue weighted by atomic mass is 9.71. The van der Waals surface area contributed by atoms with Crippen molar-refractivity contribution in [2.75, 3.05) is 0 Å². The lowest BCUT2D eigenvalue weighted by Gasteiger charge is -2.35. The second-order valence-electron chi connectivity index (χ2n) is 6.87. The number of benzene rings is 1. The van der Waals surface area contributed by atoms with Crippen molar-refractivity contribution in [1.82, 2.24) is 0 Å². The summed E-state index contributed by atoms with van der Waals surface area (Å²) in [5.41, 5.74) is 2.67. The van der Waals surface area contributed by atoms with Crippen LogP contribution in [0.4, 0.5) is 0 Å². The molecule has 2 nitrogen and oxygen atoms in total. The molecule has 1 unspecified atom stereocenters. The molecule has 0 fully saturated rings. The Kier molecular flexibility index (Phi) is 5.26. The van der Waals surface area contributed by atoms with Crippen LogP contribution in [0.15, 0.2) is 18.2 Å². The predicted molar refractivity (Wildman–Crippen MR) is 85.4 cm³/mol. The average Bonchev–Trinajstić information content (AvgIpc) is 2.37. The van der Waals surface area contributed by atoms with Gasteiger partial charge in [0.1, 0.15) is 5.75 Å². The number of aliphatic hydroxyl groups excluding tert-OH is 1. The Morgan fingerprint density at radius 3 is 2.05 bits per heavy atom. The van der Waals surface area contributed by atoms with Gasteiger partial charge in [-0.05, 0) is 42.2 Å². The van der Waals surface area contributed by atoms with E-state index in [2.05, 4.69) is 47.6 Å². The largest absolute Gasteiger partial charge is 0.465 e. The Morgan fingerprint density at radius 2 is 1.60 bits per heavy atom. The lowest BCUT2D eigenvalue weighted by molar-refractivity contribution is -0.00183. The standard InChI is InChI=1S/C18H30O2/c1-8-17(4,5)14-11-10-12-15(20-13(3)19)16(14)18(6,7)9-2/h10-13,19H,8-9H2,1-7H3. The van der Waals surface area contributed by atoms with Gasteiger partial charge in [0, 0.05) is 5.56 Å². The van der Waals surface area contributed by atoms with Crippen LogP contribution in [0, 0.1) is 0 Å². The summed E-state index contributed by atoms with van der Waals surface area (Å²) in [6, 6.07) is 6.19. The summed E-state index contributed by atoms with van der Waals surface area (Å²) in [6.45, 7) is 15.1. The molecule has 0 saturated heterocycles. The van der Waals surface area contributed by atoms with E-state index in [1.807, 2.05) is 12.1 Å². The number of rotatable bonds is 6. The smallest absolute Gasteiger partial charge is 0.194 e. The number of hydrogen-bond acceptors (Lipinski definition) is 2. The number of hydrogen-bond donors (Lipinski definition) is 1. The highest BCUT2D eigenvalue weighted by Gasteiger charge is 2.32. The summed E-state index contributed by atoms with van der Waals surface area (Å²) in [4.78, 5) is 0. The van der Waals surface area contributed by atoms with Gasteiger partial charge in [0.15, 0.2) is 6.29 Å². The molecule has 0 radical (unpaired) electrons. The molecule has 20 heavy (non-hydrogen) atoms. The highest BCUT2D eigenvalue weighted by molar-refractivity contribution is 5.48. The Balaban J connectivity index is 3.53. The highest BCUT2D eigenvalue weighted by Crippen LogP contribution is 2.42. The van der Waals surface area contributed by atoms with Crippen molar-refractivity contribution in [3.05, 3.63) is 29.3 Å². The maximum atomic E-state index is 9.60. The number of aliphatic hydroxyl groups is 1. The summed E-state index contributed by atoms with van der Waals surface area (Å²) in [6.07, 6.45) is 1.30. The molecule has 1 atom stereocenters. The van der Waals surface area contributed by atoms with E-state index in [1.165, 1.54) is 11.1 Å². The van der Waals surface area contributed by atoms with Crippen LogP contribution in [0.2, 0.25) is 0 Å². The van der Waals surface area contributed by atoms with E-state index >= 15 is 0 Å². The molecule has 0 saturated carbocycles. The fraction of sp³-hybridized carbons (Fsp3) is 0.667. The minimum atomic E-state index is -0.790. The molecule has 2 heteroatoms. The quantitative estimate of drug-likeness (QED) is 0.759. The molecule has 1 N–H and O–H groups in total. The topological polar surface area (TPSA) is 29.5 Å². The molecule has 114 valence electrons. The fourth-order valence-corrected chi connectivity index (χ4v) is 2.44. The summed E-state index contributed by atoms with van der Waals surface area (Å²) in [7, 11) is 0. The van der Waals surface area contributed by atoms with Crippen molar-refractivity contribution in [2.24, 2.45) is 0 Å². The van der Waals surface area contributed by atoms with Gasteiger partial charge in [-0.15, -0.1) is 0 Å². The molecular weight excluding hydrogens is 248 g/mol. The molecule has 0 heterocycles.